The third kappa shape index (κ3) is 2.97. The van der Waals surface area contributed by atoms with Crippen LogP contribution in [0.3, 0.4) is 0 Å². The van der Waals surface area contributed by atoms with E-state index >= 15 is 0 Å². The van der Waals surface area contributed by atoms with Gasteiger partial charge in [0, 0.05) is 17.2 Å². The summed E-state index contributed by atoms with van der Waals surface area (Å²) in [6, 6.07) is 8.40. The van der Waals surface area contributed by atoms with E-state index in [1.54, 1.807) is 12.4 Å². The Morgan fingerprint density at radius 2 is 2.14 bits per heavy atom. The Hall–Kier alpha value is -2.33. The molecule has 0 saturated heterocycles. The molecule has 2 rings (SSSR count). The van der Waals surface area contributed by atoms with Crippen LogP contribution in [0.5, 0.6) is 0 Å². The molecule has 5 N–H and O–H groups in total. The van der Waals surface area contributed by atoms with E-state index in [0.717, 1.165) is 27.3 Å². The lowest BCUT2D eigenvalue weighted by Crippen LogP contribution is -2.28. The third-order valence-electron chi connectivity index (χ3n) is 4.07. The van der Waals surface area contributed by atoms with Crippen LogP contribution < -0.4 is 22.0 Å². The van der Waals surface area contributed by atoms with Crippen LogP contribution >= 0.6 is 0 Å². The highest BCUT2D eigenvalue weighted by Gasteiger charge is 2.19. The lowest BCUT2D eigenvalue weighted by molar-refractivity contribution is 0.539. The molecule has 0 aliphatic rings. The summed E-state index contributed by atoms with van der Waals surface area (Å²) in [7, 11) is 0. The van der Waals surface area contributed by atoms with Crippen molar-refractivity contribution in [1.29, 1.82) is 0 Å². The summed E-state index contributed by atoms with van der Waals surface area (Å²) in [6.45, 7) is 10.9. The van der Waals surface area contributed by atoms with Gasteiger partial charge in [-0.2, -0.15) is 5.10 Å². The first-order valence-electron chi connectivity index (χ1n) is 7.33. The summed E-state index contributed by atoms with van der Waals surface area (Å²) in [5, 5.41) is 8.70. The smallest absolute Gasteiger partial charge is 0.0584 e. The van der Waals surface area contributed by atoms with E-state index in [-0.39, 0.29) is 5.41 Å². The zero-order valence-corrected chi connectivity index (χ0v) is 13.5. The second kappa shape index (κ2) is 6.20. The van der Waals surface area contributed by atoms with Gasteiger partial charge in [0.15, 0.2) is 0 Å². The van der Waals surface area contributed by atoms with Gasteiger partial charge < -0.3 is 11.5 Å². The Morgan fingerprint density at radius 1 is 1.41 bits per heavy atom. The molecule has 0 saturated carbocycles. The highest BCUT2D eigenvalue weighted by molar-refractivity contribution is 5.78. The Labute approximate surface area is 131 Å². The molecule has 0 aliphatic carbocycles. The van der Waals surface area contributed by atoms with E-state index in [1.165, 1.54) is 5.56 Å². The molecular weight excluding hydrogens is 272 g/mol. The second-order valence-electron chi connectivity index (χ2n) is 6.16. The molecule has 0 aliphatic heterocycles. The van der Waals surface area contributed by atoms with Gasteiger partial charge >= 0.3 is 0 Å². The second-order valence-corrected chi connectivity index (χ2v) is 6.16. The molecule has 0 radical (unpaired) electrons. The number of hydrogen-bond donors (Lipinski definition) is 3. The van der Waals surface area contributed by atoms with Gasteiger partial charge in [-0.05, 0) is 35.4 Å². The maximum absolute atomic E-state index is 5.91. The van der Waals surface area contributed by atoms with Crippen molar-refractivity contribution in [1.82, 2.24) is 10.2 Å². The van der Waals surface area contributed by atoms with Gasteiger partial charge in [-0.15, -0.1) is 0 Å². The van der Waals surface area contributed by atoms with Crippen molar-refractivity contribution in [2.24, 2.45) is 11.5 Å². The van der Waals surface area contributed by atoms with E-state index in [9.17, 15) is 0 Å². The number of hydrogen-bond acceptors (Lipinski definition) is 3. The predicted molar refractivity (Wildman–Crippen MR) is 92.3 cm³/mol. The Balaban J connectivity index is 2.75. The number of H-pyrrole nitrogens is 1. The van der Waals surface area contributed by atoms with Crippen molar-refractivity contribution in [3.63, 3.8) is 0 Å². The Bertz CT molecular complexity index is 796. The summed E-state index contributed by atoms with van der Waals surface area (Å²) in [6.07, 6.45) is 3.40. The number of aromatic nitrogens is 2. The van der Waals surface area contributed by atoms with Crippen molar-refractivity contribution >= 4 is 12.2 Å². The first-order chi connectivity index (χ1) is 10.4. The van der Waals surface area contributed by atoms with Gasteiger partial charge in [0.25, 0.3) is 0 Å². The van der Waals surface area contributed by atoms with Crippen molar-refractivity contribution < 1.29 is 0 Å². The standard InChI is InChI=1S/C18H24N4/c1-12(9-19)17(16-10-21-22-13(16)2)14-6-5-7-15(8-14)18(3,4)11-20/h5-10,22H,2,11,19-20H2,1,3-4H3/b12-9-,17-16+. The molecular formula is C18H24N4. The molecule has 0 amide bonds. The normalized spacial score (nSPS) is 14.1. The topological polar surface area (TPSA) is 80.7 Å². The quantitative estimate of drug-likeness (QED) is 0.791. The molecule has 0 bridgehead atoms. The van der Waals surface area contributed by atoms with Crippen molar-refractivity contribution in [3.05, 3.63) is 63.9 Å². The molecule has 0 fully saturated rings. The lowest BCUT2D eigenvalue weighted by atomic mass is 9.83. The van der Waals surface area contributed by atoms with Crippen LogP contribution in [0.25, 0.3) is 12.2 Å². The number of nitrogens with zero attached hydrogens (tertiary/aromatic N) is 1. The van der Waals surface area contributed by atoms with Crippen LogP contribution in [-0.4, -0.2) is 16.7 Å². The van der Waals surface area contributed by atoms with Gasteiger partial charge in [-0.25, -0.2) is 0 Å². The predicted octanol–water partition coefficient (Wildman–Crippen LogP) is 1.12. The molecule has 1 heterocycles. The van der Waals surface area contributed by atoms with E-state index in [1.807, 2.05) is 6.92 Å². The van der Waals surface area contributed by atoms with E-state index in [2.05, 4.69) is 54.9 Å². The molecule has 0 unspecified atom stereocenters. The molecule has 22 heavy (non-hydrogen) atoms. The molecule has 4 nitrogen and oxygen atoms in total. The summed E-state index contributed by atoms with van der Waals surface area (Å²) in [5.74, 6) is 0. The van der Waals surface area contributed by atoms with Crippen LogP contribution in [0.2, 0.25) is 0 Å². The van der Waals surface area contributed by atoms with E-state index in [4.69, 9.17) is 11.5 Å². The van der Waals surface area contributed by atoms with Gasteiger partial charge in [-0.1, -0.05) is 44.7 Å². The number of aromatic amines is 1. The zero-order chi connectivity index (χ0) is 16.3. The summed E-state index contributed by atoms with van der Waals surface area (Å²) >= 11 is 0. The zero-order valence-electron chi connectivity index (χ0n) is 13.5. The average molecular weight is 296 g/mol. The van der Waals surface area contributed by atoms with Crippen LogP contribution in [0.15, 0.2) is 42.2 Å². The molecule has 0 atom stereocenters. The maximum atomic E-state index is 5.91. The van der Waals surface area contributed by atoms with Gasteiger partial charge in [0.2, 0.25) is 0 Å². The maximum Gasteiger partial charge on any atom is 0.0584 e. The summed E-state index contributed by atoms with van der Waals surface area (Å²) < 4.78 is 0. The number of benzene rings is 1. The molecule has 1 aromatic heterocycles. The number of allylic oxidation sites excluding steroid dienone is 1. The number of nitrogens with two attached hydrogens (primary N) is 2. The summed E-state index contributed by atoms with van der Waals surface area (Å²) in [5.41, 5.74) is 15.9. The fourth-order valence-electron chi connectivity index (χ4n) is 2.42. The van der Waals surface area contributed by atoms with Crippen LogP contribution in [0.4, 0.5) is 0 Å². The average Bonchev–Trinajstić information content (AvgIpc) is 2.93. The molecule has 4 heteroatoms. The molecule has 1 aromatic carbocycles. The Morgan fingerprint density at radius 3 is 2.68 bits per heavy atom. The summed E-state index contributed by atoms with van der Waals surface area (Å²) in [4.78, 5) is 0. The molecule has 116 valence electrons. The first kappa shape index (κ1) is 16.0. The largest absolute Gasteiger partial charge is 0.404 e. The molecule has 0 spiro atoms. The minimum atomic E-state index is -0.0782. The van der Waals surface area contributed by atoms with Crippen molar-refractivity contribution in [3.8, 4) is 0 Å². The number of nitrogens with one attached hydrogen (secondary N) is 1. The fourth-order valence-corrected chi connectivity index (χ4v) is 2.42. The van der Waals surface area contributed by atoms with Crippen LogP contribution in [-0.2, 0) is 5.41 Å². The monoisotopic (exact) mass is 296 g/mol. The van der Waals surface area contributed by atoms with E-state index < -0.39 is 0 Å². The van der Waals surface area contributed by atoms with Crippen LogP contribution in [0, 0.1) is 0 Å². The number of rotatable bonds is 4. The minimum Gasteiger partial charge on any atom is -0.404 e. The van der Waals surface area contributed by atoms with Gasteiger partial charge in [-0.3, -0.25) is 5.10 Å². The fraction of sp³-hybridized carbons (Fsp3) is 0.278. The lowest BCUT2D eigenvalue weighted by Gasteiger charge is -2.24. The first-order valence-corrected chi connectivity index (χ1v) is 7.33. The minimum absolute atomic E-state index is 0.0782. The highest BCUT2D eigenvalue weighted by atomic mass is 15.1. The van der Waals surface area contributed by atoms with Crippen LogP contribution in [0.1, 0.15) is 31.9 Å². The third-order valence-corrected chi connectivity index (χ3v) is 4.07. The van der Waals surface area contributed by atoms with Crippen molar-refractivity contribution in [2.75, 3.05) is 6.54 Å². The SMILES string of the molecule is C=c1[nH]nc/c1=C(/C(C)=C\N)c1cccc(C(C)(C)CN)c1. The molecule has 2 aromatic rings. The van der Waals surface area contributed by atoms with Gasteiger partial charge in [0.05, 0.1) is 11.5 Å². The van der Waals surface area contributed by atoms with Gasteiger partial charge in [0.1, 0.15) is 0 Å². The van der Waals surface area contributed by atoms with Crippen molar-refractivity contribution in [2.45, 2.75) is 26.2 Å². The Kier molecular flexibility index (Phi) is 4.52. The van der Waals surface area contributed by atoms with E-state index in [0.29, 0.717) is 6.54 Å². The highest BCUT2D eigenvalue weighted by Crippen LogP contribution is 2.26.